The van der Waals surface area contributed by atoms with E-state index in [4.69, 9.17) is 4.74 Å². The van der Waals surface area contributed by atoms with Crippen LogP contribution < -0.4 is 15.1 Å². The van der Waals surface area contributed by atoms with Crippen LogP contribution in [0.25, 0.3) is 0 Å². The molecule has 138 valence electrons. The van der Waals surface area contributed by atoms with Gasteiger partial charge in [0.15, 0.2) is 5.78 Å². The lowest BCUT2D eigenvalue weighted by molar-refractivity contribution is -0.114. The van der Waals surface area contributed by atoms with E-state index in [0.717, 1.165) is 5.69 Å². The highest BCUT2D eigenvalue weighted by Crippen LogP contribution is 2.25. The molecule has 1 saturated heterocycles. The third-order valence-electron chi connectivity index (χ3n) is 4.11. The van der Waals surface area contributed by atoms with Crippen LogP contribution in [0.5, 0.6) is 0 Å². The maximum atomic E-state index is 12.4. The number of anilines is 2. The van der Waals surface area contributed by atoms with E-state index < -0.39 is 23.6 Å². The maximum Gasteiger partial charge on any atom is 0.414 e. The van der Waals surface area contributed by atoms with Gasteiger partial charge in [-0.1, -0.05) is 12.2 Å². The number of hydrogen-bond acceptors (Lipinski definition) is 5. The standard InChI is InChI=1S/C17H17F2N3O3S/c18-15(19)16(26)20-9-14-10-22(17(24)25-14)12-3-1-11(2-4-12)21-7-5-13(23)6-8-21/h1-5,7,14-15H,6,8-10H2,(H,20,26)/t14-/m0/s1. The summed E-state index contributed by atoms with van der Waals surface area (Å²) in [6, 6.07) is 7.25. The van der Waals surface area contributed by atoms with Gasteiger partial charge in [0.2, 0.25) is 0 Å². The zero-order chi connectivity index (χ0) is 18.7. The van der Waals surface area contributed by atoms with E-state index in [1.807, 2.05) is 17.0 Å². The zero-order valence-electron chi connectivity index (χ0n) is 13.7. The average Bonchev–Trinajstić information content (AvgIpc) is 3.01. The summed E-state index contributed by atoms with van der Waals surface area (Å²) in [5.41, 5.74) is 1.56. The summed E-state index contributed by atoms with van der Waals surface area (Å²) in [6.07, 6.45) is -0.0861. The molecule has 1 atom stereocenters. The number of thiocarbonyl (C=S) groups is 1. The second-order valence-electron chi connectivity index (χ2n) is 5.90. The highest BCUT2D eigenvalue weighted by Gasteiger charge is 2.32. The van der Waals surface area contributed by atoms with Gasteiger partial charge in [0, 0.05) is 30.5 Å². The third kappa shape index (κ3) is 4.16. The van der Waals surface area contributed by atoms with Crippen molar-refractivity contribution in [3.8, 4) is 0 Å². The molecule has 1 N–H and O–H groups in total. The molecule has 0 aliphatic carbocycles. The van der Waals surface area contributed by atoms with E-state index in [-0.39, 0.29) is 18.9 Å². The van der Waals surface area contributed by atoms with Crippen molar-refractivity contribution in [2.75, 3.05) is 29.4 Å². The fourth-order valence-corrected chi connectivity index (χ4v) is 2.81. The Hall–Kier alpha value is -2.55. The Morgan fingerprint density at radius 1 is 1.27 bits per heavy atom. The number of benzene rings is 1. The topological polar surface area (TPSA) is 61.9 Å². The molecule has 0 unspecified atom stereocenters. The van der Waals surface area contributed by atoms with Crippen LogP contribution in [0.2, 0.25) is 0 Å². The molecule has 0 spiro atoms. The van der Waals surface area contributed by atoms with Gasteiger partial charge in [0.25, 0.3) is 6.43 Å². The molecule has 0 radical (unpaired) electrons. The highest BCUT2D eigenvalue weighted by molar-refractivity contribution is 7.80. The van der Waals surface area contributed by atoms with Crippen molar-refractivity contribution >= 4 is 40.5 Å². The lowest BCUT2D eigenvalue weighted by Gasteiger charge is -2.23. The number of nitrogens with zero attached hydrogens (tertiary/aromatic N) is 2. The van der Waals surface area contributed by atoms with Gasteiger partial charge >= 0.3 is 6.09 Å². The van der Waals surface area contributed by atoms with Gasteiger partial charge in [-0.2, -0.15) is 0 Å². The number of amides is 1. The van der Waals surface area contributed by atoms with Crippen LogP contribution in [-0.4, -0.2) is 49.0 Å². The smallest absolute Gasteiger partial charge is 0.414 e. The van der Waals surface area contributed by atoms with Crippen molar-refractivity contribution in [1.82, 2.24) is 5.32 Å². The second-order valence-corrected chi connectivity index (χ2v) is 6.34. The molecule has 2 aliphatic heterocycles. The van der Waals surface area contributed by atoms with E-state index in [9.17, 15) is 18.4 Å². The lowest BCUT2D eigenvalue weighted by atomic mass is 10.1. The van der Waals surface area contributed by atoms with Gasteiger partial charge in [-0.25, -0.2) is 13.6 Å². The molecular weight excluding hydrogens is 364 g/mol. The van der Waals surface area contributed by atoms with Crippen LogP contribution in [0.1, 0.15) is 6.42 Å². The summed E-state index contributed by atoms with van der Waals surface area (Å²) in [5, 5.41) is 2.41. The molecule has 2 heterocycles. The van der Waals surface area contributed by atoms with Crippen molar-refractivity contribution in [2.45, 2.75) is 19.0 Å². The largest absolute Gasteiger partial charge is 0.442 e. The van der Waals surface area contributed by atoms with Gasteiger partial charge in [-0.05, 0) is 30.3 Å². The molecule has 1 fully saturated rings. The number of carbonyl (C=O) groups excluding carboxylic acids is 2. The SMILES string of the molecule is O=C1C=CN(c2ccc(N3C[C@H](CNC(=S)C(F)F)OC3=O)cc2)CC1. The van der Waals surface area contributed by atoms with E-state index in [1.165, 1.54) is 11.0 Å². The number of alkyl halides is 2. The molecule has 26 heavy (non-hydrogen) atoms. The molecular formula is C17H17F2N3O3S. The number of ketones is 1. The monoisotopic (exact) mass is 381 g/mol. The van der Waals surface area contributed by atoms with Crippen molar-refractivity contribution < 1.29 is 23.1 Å². The minimum absolute atomic E-state index is 0.0378. The number of cyclic esters (lactones) is 1. The molecule has 3 rings (SSSR count). The van der Waals surface area contributed by atoms with Crippen LogP contribution in [0.4, 0.5) is 25.0 Å². The van der Waals surface area contributed by atoms with Crippen LogP contribution in [0.15, 0.2) is 36.5 Å². The maximum absolute atomic E-state index is 12.4. The van der Waals surface area contributed by atoms with Gasteiger partial charge < -0.3 is 15.0 Å². The van der Waals surface area contributed by atoms with Crippen LogP contribution >= 0.6 is 12.2 Å². The van der Waals surface area contributed by atoms with Gasteiger partial charge in [-0.3, -0.25) is 9.69 Å². The summed E-state index contributed by atoms with van der Waals surface area (Å²) < 4.78 is 29.9. The van der Waals surface area contributed by atoms with Crippen molar-refractivity contribution in [3.05, 3.63) is 36.5 Å². The first-order valence-electron chi connectivity index (χ1n) is 8.06. The van der Waals surface area contributed by atoms with E-state index >= 15 is 0 Å². The number of rotatable bonds is 5. The summed E-state index contributed by atoms with van der Waals surface area (Å²) in [7, 11) is 0. The Morgan fingerprint density at radius 3 is 2.58 bits per heavy atom. The predicted molar refractivity (Wildman–Crippen MR) is 96.8 cm³/mol. The number of carbonyl (C=O) groups is 2. The first-order chi connectivity index (χ1) is 12.4. The molecule has 0 bridgehead atoms. The summed E-state index contributed by atoms with van der Waals surface area (Å²) in [5.74, 6) is 0.101. The van der Waals surface area contributed by atoms with Crippen molar-refractivity contribution in [3.63, 3.8) is 0 Å². The Bertz CT molecular complexity index is 739. The number of halogens is 2. The predicted octanol–water partition coefficient (Wildman–Crippen LogP) is 2.49. The minimum Gasteiger partial charge on any atom is -0.442 e. The quantitative estimate of drug-likeness (QED) is 0.791. The fraction of sp³-hybridized carbons (Fsp3) is 0.353. The molecule has 2 aliphatic rings. The zero-order valence-corrected chi connectivity index (χ0v) is 14.5. The molecule has 9 heteroatoms. The second kappa shape index (κ2) is 7.77. The fourth-order valence-electron chi connectivity index (χ4n) is 2.73. The number of nitrogens with one attached hydrogen (secondary N) is 1. The van der Waals surface area contributed by atoms with E-state index in [0.29, 0.717) is 18.7 Å². The van der Waals surface area contributed by atoms with Gasteiger partial charge in [0.05, 0.1) is 13.1 Å². The van der Waals surface area contributed by atoms with Crippen LogP contribution in [0, 0.1) is 0 Å². The number of ether oxygens (including phenoxy) is 1. The van der Waals surface area contributed by atoms with Crippen molar-refractivity contribution in [2.24, 2.45) is 0 Å². The summed E-state index contributed by atoms with van der Waals surface area (Å²) in [6.45, 7) is 0.892. The van der Waals surface area contributed by atoms with E-state index in [1.54, 1.807) is 18.3 Å². The Balaban J connectivity index is 1.60. The first-order valence-corrected chi connectivity index (χ1v) is 8.46. The Morgan fingerprint density at radius 2 is 1.96 bits per heavy atom. The number of hydrogen-bond donors (Lipinski definition) is 1. The molecule has 0 aromatic heterocycles. The summed E-state index contributed by atoms with van der Waals surface area (Å²) in [4.78, 5) is 26.1. The number of allylic oxidation sites excluding steroid dienone is 1. The third-order valence-corrected chi connectivity index (χ3v) is 4.43. The highest BCUT2D eigenvalue weighted by atomic mass is 32.1. The average molecular weight is 381 g/mol. The van der Waals surface area contributed by atoms with Crippen molar-refractivity contribution in [1.29, 1.82) is 0 Å². The minimum atomic E-state index is -2.73. The normalized spacial score (nSPS) is 19.9. The molecule has 0 saturated carbocycles. The first kappa shape index (κ1) is 18.2. The molecule has 6 nitrogen and oxygen atoms in total. The van der Waals surface area contributed by atoms with Crippen LogP contribution in [0.3, 0.4) is 0 Å². The van der Waals surface area contributed by atoms with Gasteiger partial charge in [-0.15, -0.1) is 0 Å². The Kier molecular flexibility index (Phi) is 5.46. The molecule has 1 amide bonds. The summed E-state index contributed by atoms with van der Waals surface area (Å²) >= 11 is 4.50. The molecule has 1 aromatic carbocycles. The molecule has 1 aromatic rings. The van der Waals surface area contributed by atoms with Gasteiger partial charge in [0.1, 0.15) is 11.1 Å². The van der Waals surface area contributed by atoms with E-state index in [2.05, 4.69) is 17.5 Å². The lowest BCUT2D eigenvalue weighted by Crippen LogP contribution is -2.36. The Labute approximate surface area is 154 Å². The van der Waals surface area contributed by atoms with Crippen LogP contribution in [-0.2, 0) is 9.53 Å².